The van der Waals surface area contributed by atoms with Crippen LogP contribution in [0.2, 0.25) is 0 Å². The Hall–Kier alpha value is -0.993. The second kappa shape index (κ2) is 4.48. The van der Waals surface area contributed by atoms with Crippen molar-refractivity contribution in [3.63, 3.8) is 0 Å². The Morgan fingerprint density at radius 3 is 2.12 bits per heavy atom. The third-order valence-corrected chi connectivity index (χ3v) is 2.94. The Kier molecular flexibility index (Phi) is 3.66. The molecule has 80 valence electrons. The molecule has 0 aliphatic rings. The van der Waals surface area contributed by atoms with E-state index in [-0.39, 0.29) is 29.5 Å². The Morgan fingerprint density at radius 1 is 0.938 bits per heavy atom. The molecule has 0 aliphatic heterocycles. The maximum absolute atomic E-state index is 10.8. The van der Waals surface area contributed by atoms with Crippen molar-refractivity contribution in [2.24, 2.45) is 0 Å². The summed E-state index contributed by atoms with van der Waals surface area (Å²) in [6.07, 6.45) is 0. The number of aromatic hydroxyl groups is 1. The Morgan fingerprint density at radius 2 is 1.50 bits per heavy atom. The summed E-state index contributed by atoms with van der Waals surface area (Å²) in [5.74, 6) is 0.113. The van der Waals surface area contributed by atoms with Gasteiger partial charge in [0.05, 0.1) is 4.90 Å². The average molecular weight is 232 g/mol. The number of rotatable bonds is 1. The van der Waals surface area contributed by atoms with Crippen LogP contribution >= 0.6 is 0 Å². The van der Waals surface area contributed by atoms with Crippen LogP contribution in [-0.2, 0) is 10.1 Å². The van der Waals surface area contributed by atoms with Gasteiger partial charge in [-0.2, -0.15) is 8.42 Å². The molecule has 0 aliphatic carbocycles. The topological polar surface area (TPSA) is 74.6 Å². The van der Waals surface area contributed by atoms with Crippen LogP contribution in [-0.4, -0.2) is 36.9 Å². The van der Waals surface area contributed by atoms with Gasteiger partial charge in [0.15, 0.2) is 0 Å². The van der Waals surface area contributed by atoms with Crippen LogP contribution < -0.4 is 0 Å². The van der Waals surface area contributed by atoms with Crippen molar-refractivity contribution < 1.29 is 18.1 Å². The Bertz CT molecular complexity index is 622. The van der Waals surface area contributed by atoms with Crippen molar-refractivity contribution >= 4 is 39.8 Å². The van der Waals surface area contributed by atoms with E-state index in [0.29, 0.717) is 10.8 Å². The SMILES string of the molecule is O=S(=O)(O)c1ccc2cc(O)ccc2c1.[LiH]. The average Bonchev–Trinajstić information content (AvgIpc) is 2.15. The van der Waals surface area contributed by atoms with Crippen LogP contribution in [0.25, 0.3) is 10.8 Å². The molecule has 0 saturated heterocycles. The Balaban J connectivity index is 0.00000128. The van der Waals surface area contributed by atoms with Gasteiger partial charge in [-0.15, -0.1) is 0 Å². The van der Waals surface area contributed by atoms with Gasteiger partial charge >= 0.3 is 18.9 Å². The van der Waals surface area contributed by atoms with Crippen molar-refractivity contribution in [2.75, 3.05) is 0 Å². The third-order valence-electron chi connectivity index (χ3n) is 2.09. The number of phenols is 1. The van der Waals surface area contributed by atoms with E-state index in [1.54, 1.807) is 6.07 Å². The number of fused-ring (bicyclic) bond motifs is 1. The van der Waals surface area contributed by atoms with Crippen molar-refractivity contribution in [1.82, 2.24) is 0 Å². The minimum absolute atomic E-state index is 0. The van der Waals surface area contributed by atoms with E-state index in [0.717, 1.165) is 0 Å². The molecule has 0 saturated carbocycles. The van der Waals surface area contributed by atoms with Gasteiger partial charge in [-0.25, -0.2) is 0 Å². The van der Waals surface area contributed by atoms with Crippen LogP contribution in [0.5, 0.6) is 5.75 Å². The molecular weight excluding hydrogens is 223 g/mol. The molecule has 2 N–H and O–H groups in total. The van der Waals surface area contributed by atoms with Crippen molar-refractivity contribution in [3.05, 3.63) is 36.4 Å². The number of phenolic OH excluding ortho intramolecular Hbond substituents is 1. The molecule has 0 atom stereocenters. The summed E-state index contributed by atoms with van der Waals surface area (Å²) in [6.45, 7) is 0. The van der Waals surface area contributed by atoms with Gasteiger partial charge in [0.2, 0.25) is 0 Å². The first-order chi connectivity index (χ1) is 6.97. The maximum atomic E-state index is 10.8. The van der Waals surface area contributed by atoms with Gasteiger partial charge < -0.3 is 5.11 Å². The molecule has 16 heavy (non-hydrogen) atoms. The molecule has 0 fully saturated rings. The van der Waals surface area contributed by atoms with Gasteiger partial charge in [-0.1, -0.05) is 12.1 Å². The molecular formula is C10H9LiO4S. The second-order valence-corrected chi connectivity index (χ2v) is 4.59. The van der Waals surface area contributed by atoms with Gasteiger partial charge in [0.1, 0.15) is 5.75 Å². The number of benzene rings is 2. The number of hydrogen-bond donors (Lipinski definition) is 2. The van der Waals surface area contributed by atoms with Gasteiger partial charge in [0.25, 0.3) is 10.1 Å². The predicted molar refractivity (Wildman–Crippen MR) is 62.6 cm³/mol. The molecule has 0 heterocycles. The van der Waals surface area contributed by atoms with Crippen LogP contribution in [0.3, 0.4) is 0 Å². The fourth-order valence-corrected chi connectivity index (χ4v) is 1.89. The molecule has 0 aromatic heterocycles. The summed E-state index contributed by atoms with van der Waals surface area (Å²) in [5, 5.41) is 10.5. The monoisotopic (exact) mass is 232 g/mol. The van der Waals surface area contributed by atoms with Gasteiger partial charge in [-0.05, 0) is 35.0 Å². The molecule has 0 unspecified atom stereocenters. The fourth-order valence-electron chi connectivity index (χ4n) is 1.37. The van der Waals surface area contributed by atoms with E-state index in [2.05, 4.69) is 0 Å². The minimum atomic E-state index is -4.17. The summed E-state index contributed by atoms with van der Waals surface area (Å²) in [6, 6.07) is 8.72. The zero-order valence-electron chi connectivity index (χ0n) is 7.58. The molecule has 4 nitrogen and oxygen atoms in total. The van der Waals surface area contributed by atoms with E-state index in [9.17, 15) is 13.5 Å². The molecule has 2 rings (SSSR count). The van der Waals surface area contributed by atoms with Crippen LogP contribution in [0, 0.1) is 0 Å². The molecule has 2 aromatic rings. The zero-order chi connectivity index (χ0) is 11.1. The molecule has 0 amide bonds. The first-order valence-corrected chi connectivity index (χ1v) is 5.61. The summed E-state index contributed by atoms with van der Waals surface area (Å²) in [7, 11) is -4.17. The molecule has 2 aromatic carbocycles. The molecule has 6 heteroatoms. The summed E-state index contributed by atoms with van der Waals surface area (Å²) in [4.78, 5) is -0.152. The van der Waals surface area contributed by atoms with Crippen molar-refractivity contribution in [2.45, 2.75) is 4.90 Å². The molecule has 0 radical (unpaired) electrons. The van der Waals surface area contributed by atoms with E-state index in [1.807, 2.05) is 0 Å². The van der Waals surface area contributed by atoms with Gasteiger partial charge in [0, 0.05) is 0 Å². The van der Waals surface area contributed by atoms with E-state index < -0.39 is 10.1 Å². The summed E-state index contributed by atoms with van der Waals surface area (Å²) in [5.41, 5.74) is 0. The summed E-state index contributed by atoms with van der Waals surface area (Å²) >= 11 is 0. The standard InChI is InChI=1S/C10H8O4S.Li.H/c11-9-3-1-8-6-10(15(12,13)14)4-2-7(8)5-9;;/h1-6,11H,(H,12,13,14);;. The van der Waals surface area contributed by atoms with Crippen LogP contribution in [0.15, 0.2) is 41.3 Å². The quantitative estimate of drug-likeness (QED) is 0.571. The molecule has 0 spiro atoms. The van der Waals surface area contributed by atoms with E-state index in [1.165, 1.54) is 30.3 Å². The zero-order valence-corrected chi connectivity index (χ0v) is 8.40. The normalized spacial score (nSPS) is 11.1. The first kappa shape index (κ1) is 13.1. The van der Waals surface area contributed by atoms with Crippen LogP contribution in [0.4, 0.5) is 0 Å². The van der Waals surface area contributed by atoms with Crippen molar-refractivity contribution in [3.8, 4) is 5.75 Å². The van der Waals surface area contributed by atoms with Gasteiger partial charge in [-0.3, -0.25) is 4.55 Å². The number of hydrogen-bond acceptors (Lipinski definition) is 3. The predicted octanol–water partition coefficient (Wildman–Crippen LogP) is 1.14. The van der Waals surface area contributed by atoms with E-state index in [4.69, 9.17) is 4.55 Å². The summed E-state index contributed by atoms with van der Waals surface area (Å²) < 4.78 is 30.5. The third kappa shape index (κ3) is 2.57. The van der Waals surface area contributed by atoms with Crippen molar-refractivity contribution in [1.29, 1.82) is 0 Å². The Labute approximate surface area is 105 Å². The molecule has 0 bridgehead atoms. The van der Waals surface area contributed by atoms with Crippen LogP contribution in [0.1, 0.15) is 0 Å². The van der Waals surface area contributed by atoms with E-state index >= 15 is 0 Å². The second-order valence-electron chi connectivity index (χ2n) is 3.17. The first-order valence-electron chi connectivity index (χ1n) is 4.17. The fraction of sp³-hybridized carbons (Fsp3) is 0.